The summed E-state index contributed by atoms with van der Waals surface area (Å²) in [6.07, 6.45) is -1.51. The van der Waals surface area contributed by atoms with Gasteiger partial charge in [0.15, 0.2) is 11.7 Å². The summed E-state index contributed by atoms with van der Waals surface area (Å²) in [5.74, 6) is -4.98. The number of carbonyl (C=O) groups is 4. The maximum absolute atomic E-state index is 12.9. The van der Waals surface area contributed by atoms with Gasteiger partial charge in [-0.3, -0.25) is 19.2 Å². The number of allylic oxidation sites excluding steroid dienone is 1. The Morgan fingerprint density at radius 2 is 1.77 bits per heavy atom. The Labute approximate surface area is 233 Å². The van der Waals surface area contributed by atoms with Crippen molar-refractivity contribution in [1.29, 1.82) is 0 Å². The molecule has 0 radical (unpaired) electrons. The van der Waals surface area contributed by atoms with Gasteiger partial charge < -0.3 is 28.8 Å². The number of hydrogen-bond acceptors (Lipinski definition) is 10. The van der Waals surface area contributed by atoms with Gasteiger partial charge >= 0.3 is 23.9 Å². The number of ether oxygens (including phenoxy) is 5. The molecule has 12 atom stereocenters. The SMILES string of the molecule is C=C1/C=C\[C@H](OC(=O)CCC)[C@]2(C)[C@H]([C@@H](C)[C@H](OC(C)=O)[C@@H]3O[C@@H]32)[C@H](OC(C)=O)[C@]2(O)[C@@H](C)C(=O)O[C@H]2[C@H]1Cl. The highest BCUT2D eigenvalue weighted by atomic mass is 35.5. The predicted molar refractivity (Wildman–Crippen MR) is 137 cm³/mol. The van der Waals surface area contributed by atoms with Crippen molar-refractivity contribution in [2.75, 3.05) is 0 Å². The zero-order chi connectivity index (χ0) is 29.0. The molecule has 0 aromatic carbocycles. The Balaban J connectivity index is 1.98. The van der Waals surface area contributed by atoms with Crippen LogP contribution in [0.2, 0.25) is 0 Å². The summed E-state index contributed by atoms with van der Waals surface area (Å²) in [5.41, 5.74) is -2.91. The highest BCUT2D eigenvalue weighted by Crippen LogP contribution is 2.62. The zero-order valence-electron chi connectivity index (χ0n) is 23.0. The maximum atomic E-state index is 12.9. The largest absolute Gasteiger partial charge is 0.459 e. The third-order valence-corrected chi connectivity index (χ3v) is 9.33. The van der Waals surface area contributed by atoms with Gasteiger partial charge in [-0.05, 0) is 25.0 Å². The molecule has 2 heterocycles. The fourth-order valence-electron chi connectivity index (χ4n) is 6.82. The second kappa shape index (κ2) is 10.5. The first-order valence-corrected chi connectivity index (χ1v) is 13.8. The first-order chi connectivity index (χ1) is 18.2. The van der Waals surface area contributed by atoms with E-state index in [-0.39, 0.29) is 6.42 Å². The Bertz CT molecular complexity index is 1090. The molecule has 2 saturated heterocycles. The molecule has 10 nitrogen and oxygen atoms in total. The van der Waals surface area contributed by atoms with Gasteiger partial charge in [0.1, 0.15) is 24.4 Å². The molecule has 0 aromatic rings. The van der Waals surface area contributed by atoms with E-state index in [1.165, 1.54) is 20.8 Å². The van der Waals surface area contributed by atoms with E-state index in [0.717, 1.165) is 0 Å². The van der Waals surface area contributed by atoms with Crippen molar-refractivity contribution in [3.05, 3.63) is 24.3 Å². The van der Waals surface area contributed by atoms with Gasteiger partial charge in [0.2, 0.25) is 0 Å². The maximum Gasteiger partial charge on any atom is 0.312 e. The van der Waals surface area contributed by atoms with E-state index in [1.807, 2.05) is 13.8 Å². The standard InChI is InChI=1S/C28H37ClO10/c1-8-9-18(32)37-17-11-10-12(2)20(29)24-28(34,14(4)26(33)39-24)23(36-16(6)31)19-13(3)21(35-15(5)30)22-25(38-22)27(17,19)7/h10-11,13-14,17,19-25,34H,2,8-9H2,1,3-7H3/b11-10-/t13-,14+,17+,19-,20+,21+,22+,23+,24+,25+,27-,28-/m1/s1. The molecule has 4 aliphatic rings. The average Bonchev–Trinajstić information content (AvgIpc) is 3.62. The molecule has 216 valence electrons. The molecule has 39 heavy (non-hydrogen) atoms. The quantitative estimate of drug-likeness (QED) is 0.228. The minimum absolute atomic E-state index is 0.170. The van der Waals surface area contributed by atoms with Crippen molar-refractivity contribution in [2.45, 2.75) is 102 Å². The predicted octanol–water partition coefficient (Wildman–Crippen LogP) is 2.63. The number of alkyl halides is 1. The highest BCUT2D eigenvalue weighted by molar-refractivity contribution is 6.23. The first-order valence-electron chi connectivity index (χ1n) is 13.3. The lowest BCUT2D eigenvalue weighted by Crippen LogP contribution is -2.68. The fraction of sp³-hybridized carbons (Fsp3) is 0.714. The molecular formula is C28H37ClO10. The number of halogens is 1. The average molecular weight is 569 g/mol. The van der Waals surface area contributed by atoms with Crippen LogP contribution < -0.4 is 0 Å². The smallest absolute Gasteiger partial charge is 0.312 e. The molecule has 0 unspecified atom stereocenters. The minimum Gasteiger partial charge on any atom is -0.459 e. The second-order valence-corrected chi connectivity index (χ2v) is 11.8. The molecule has 0 bridgehead atoms. The van der Waals surface area contributed by atoms with Crippen molar-refractivity contribution in [3.63, 3.8) is 0 Å². The van der Waals surface area contributed by atoms with Gasteiger partial charge in [-0.2, -0.15) is 0 Å². The van der Waals surface area contributed by atoms with Crippen molar-refractivity contribution < 1.29 is 48.0 Å². The molecule has 4 rings (SSSR count). The van der Waals surface area contributed by atoms with Crippen molar-refractivity contribution in [3.8, 4) is 0 Å². The van der Waals surface area contributed by atoms with Crippen LogP contribution in [0.4, 0.5) is 0 Å². The number of epoxide rings is 1. The number of hydrogen-bond donors (Lipinski definition) is 1. The van der Waals surface area contributed by atoms with Crippen LogP contribution in [0.15, 0.2) is 24.3 Å². The molecule has 2 aliphatic heterocycles. The van der Waals surface area contributed by atoms with E-state index in [1.54, 1.807) is 19.1 Å². The van der Waals surface area contributed by atoms with Crippen LogP contribution in [0.25, 0.3) is 0 Å². The lowest BCUT2D eigenvalue weighted by Gasteiger charge is -2.54. The van der Waals surface area contributed by atoms with Crippen LogP contribution in [0.3, 0.4) is 0 Å². The normalized spacial score (nSPS) is 45.5. The van der Waals surface area contributed by atoms with E-state index in [9.17, 15) is 24.3 Å². The van der Waals surface area contributed by atoms with Gasteiger partial charge in [0.25, 0.3) is 0 Å². The van der Waals surface area contributed by atoms with Crippen molar-refractivity contribution >= 4 is 35.5 Å². The summed E-state index contributed by atoms with van der Waals surface area (Å²) in [4.78, 5) is 50.4. The van der Waals surface area contributed by atoms with E-state index in [2.05, 4.69) is 6.58 Å². The van der Waals surface area contributed by atoms with E-state index in [0.29, 0.717) is 12.0 Å². The zero-order valence-corrected chi connectivity index (χ0v) is 23.8. The Hall–Kier alpha value is -2.43. The summed E-state index contributed by atoms with van der Waals surface area (Å²) in [6.45, 7) is 13.4. The molecule has 3 fully saturated rings. The highest BCUT2D eigenvalue weighted by Gasteiger charge is 2.75. The monoisotopic (exact) mass is 568 g/mol. The molecule has 0 spiro atoms. The lowest BCUT2D eigenvalue weighted by molar-refractivity contribution is -0.222. The fourth-order valence-corrected chi connectivity index (χ4v) is 7.15. The molecule has 1 saturated carbocycles. The van der Waals surface area contributed by atoms with E-state index in [4.69, 9.17) is 35.3 Å². The molecule has 11 heteroatoms. The third kappa shape index (κ3) is 4.78. The molecule has 2 aliphatic carbocycles. The summed E-state index contributed by atoms with van der Waals surface area (Å²) in [6, 6.07) is 0. The Morgan fingerprint density at radius 1 is 1.13 bits per heavy atom. The number of rotatable bonds is 5. The van der Waals surface area contributed by atoms with Crippen LogP contribution in [0.5, 0.6) is 0 Å². The summed E-state index contributed by atoms with van der Waals surface area (Å²) in [7, 11) is 0. The van der Waals surface area contributed by atoms with E-state index < -0.39 is 94.6 Å². The van der Waals surface area contributed by atoms with Crippen LogP contribution in [-0.2, 0) is 42.9 Å². The Morgan fingerprint density at radius 3 is 2.36 bits per heavy atom. The summed E-state index contributed by atoms with van der Waals surface area (Å²) >= 11 is 6.75. The number of esters is 4. The van der Waals surface area contributed by atoms with E-state index >= 15 is 0 Å². The van der Waals surface area contributed by atoms with Crippen LogP contribution in [0, 0.1) is 23.2 Å². The van der Waals surface area contributed by atoms with Crippen LogP contribution in [-0.4, -0.2) is 76.6 Å². The van der Waals surface area contributed by atoms with Crippen LogP contribution >= 0.6 is 11.6 Å². The van der Waals surface area contributed by atoms with Gasteiger partial charge in [0, 0.05) is 37.5 Å². The molecule has 0 amide bonds. The van der Waals surface area contributed by atoms with Gasteiger partial charge in [0.05, 0.1) is 17.4 Å². The number of carbonyl (C=O) groups excluding carboxylic acids is 4. The minimum atomic E-state index is -2.11. The Kier molecular flexibility index (Phi) is 7.97. The van der Waals surface area contributed by atoms with Crippen LogP contribution in [0.1, 0.15) is 54.4 Å². The molecule has 1 N–H and O–H groups in total. The van der Waals surface area contributed by atoms with Crippen molar-refractivity contribution in [1.82, 2.24) is 0 Å². The third-order valence-electron chi connectivity index (χ3n) is 8.82. The molecule has 0 aromatic heterocycles. The number of aliphatic hydroxyl groups is 1. The van der Waals surface area contributed by atoms with Gasteiger partial charge in [-0.15, -0.1) is 11.6 Å². The second-order valence-electron chi connectivity index (χ2n) is 11.3. The van der Waals surface area contributed by atoms with Gasteiger partial charge in [-0.1, -0.05) is 33.4 Å². The summed E-state index contributed by atoms with van der Waals surface area (Å²) in [5, 5.41) is 11.3. The van der Waals surface area contributed by atoms with Crippen molar-refractivity contribution in [2.24, 2.45) is 23.2 Å². The first kappa shape index (κ1) is 29.6. The summed E-state index contributed by atoms with van der Waals surface area (Å²) < 4.78 is 29.3. The molecular weight excluding hydrogens is 532 g/mol. The van der Waals surface area contributed by atoms with Gasteiger partial charge in [-0.25, -0.2) is 0 Å². The topological polar surface area (TPSA) is 138 Å². The number of fused-ring (bicyclic) bond motifs is 4. The lowest BCUT2D eigenvalue weighted by atomic mass is 9.54.